The molecule has 0 saturated heterocycles. The van der Waals surface area contributed by atoms with Gasteiger partial charge in [0.05, 0.1) is 19.6 Å². The highest BCUT2D eigenvalue weighted by Crippen LogP contribution is 2.27. The van der Waals surface area contributed by atoms with E-state index in [1.165, 1.54) is 5.56 Å². The summed E-state index contributed by atoms with van der Waals surface area (Å²) in [6.07, 6.45) is 0.360. The molecule has 0 fully saturated rings. The van der Waals surface area contributed by atoms with Gasteiger partial charge < -0.3 is 10.1 Å². The van der Waals surface area contributed by atoms with E-state index in [1.807, 2.05) is 49.4 Å². The first-order valence-electron chi connectivity index (χ1n) is 8.09. The van der Waals surface area contributed by atoms with Gasteiger partial charge in [0, 0.05) is 5.69 Å². The molecule has 0 heterocycles. The number of amides is 1. The number of carbonyl (C=O) groups is 1. The van der Waals surface area contributed by atoms with Crippen LogP contribution in [0.3, 0.4) is 0 Å². The highest BCUT2D eigenvalue weighted by molar-refractivity contribution is 5.92. The lowest BCUT2D eigenvalue weighted by atomic mass is 9.98. The summed E-state index contributed by atoms with van der Waals surface area (Å²) in [6.45, 7) is 7.24. The molecule has 0 aliphatic rings. The molecule has 2 aromatic carbocycles. The minimum Gasteiger partial charge on any atom is -0.376 e. The lowest BCUT2D eigenvalue weighted by Gasteiger charge is -2.16. The van der Waals surface area contributed by atoms with E-state index in [9.17, 15) is 4.79 Å². The first-order chi connectivity index (χ1) is 11.1. The van der Waals surface area contributed by atoms with Crippen LogP contribution in [0.5, 0.6) is 0 Å². The van der Waals surface area contributed by atoms with Gasteiger partial charge >= 0.3 is 0 Å². The standard InChI is InChI=1S/C20H25NO2/c1-15(2)18-11-7-8-16(3)20(18)21-19(22)12-13-23-14-17-9-5-4-6-10-17/h4-11,15H,12-14H2,1-3H3,(H,21,22). The molecule has 23 heavy (non-hydrogen) atoms. The van der Waals surface area contributed by atoms with Crippen molar-refractivity contribution in [3.63, 3.8) is 0 Å². The van der Waals surface area contributed by atoms with Crippen molar-refractivity contribution in [3.8, 4) is 0 Å². The summed E-state index contributed by atoms with van der Waals surface area (Å²) in [6, 6.07) is 16.1. The molecule has 122 valence electrons. The zero-order valence-electron chi connectivity index (χ0n) is 14.1. The highest BCUT2D eigenvalue weighted by Gasteiger charge is 2.11. The SMILES string of the molecule is Cc1cccc(C(C)C)c1NC(=O)CCOCc1ccccc1. The maximum Gasteiger partial charge on any atom is 0.226 e. The van der Waals surface area contributed by atoms with Crippen molar-refractivity contribution in [2.24, 2.45) is 0 Å². The summed E-state index contributed by atoms with van der Waals surface area (Å²) in [5, 5.41) is 3.04. The van der Waals surface area contributed by atoms with Crippen LogP contribution in [0.2, 0.25) is 0 Å². The molecule has 0 radical (unpaired) electrons. The number of nitrogens with one attached hydrogen (secondary N) is 1. The Morgan fingerprint density at radius 2 is 1.83 bits per heavy atom. The molecule has 0 atom stereocenters. The molecule has 0 aliphatic carbocycles. The molecule has 3 heteroatoms. The third-order valence-corrected chi connectivity index (χ3v) is 3.78. The topological polar surface area (TPSA) is 38.3 Å². The van der Waals surface area contributed by atoms with Gasteiger partial charge in [0.2, 0.25) is 5.91 Å². The van der Waals surface area contributed by atoms with Crippen LogP contribution in [0.25, 0.3) is 0 Å². The molecule has 0 bridgehead atoms. The lowest BCUT2D eigenvalue weighted by Crippen LogP contribution is -2.16. The van der Waals surface area contributed by atoms with Gasteiger partial charge in [0.1, 0.15) is 0 Å². The Bertz CT molecular complexity index is 635. The Kier molecular flexibility index (Phi) is 6.36. The number of para-hydroxylation sites is 1. The fraction of sp³-hybridized carbons (Fsp3) is 0.350. The third-order valence-electron chi connectivity index (χ3n) is 3.78. The van der Waals surface area contributed by atoms with Crippen molar-refractivity contribution in [2.75, 3.05) is 11.9 Å². The van der Waals surface area contributed by atoms with E-state index >= 15 is 0 Å². The third kappa shape index (κ3) is 5.22. The summed E-state index contributed by atoms with van der Waals surface area (Å²) in [7, 11) is 0. The zero-order valence-corrected chi connectivity index (χ0v) is 14.1. The molecule has 0 spiro atoms. The summed E-state index contributed by atoms with van der Waals surface area (Å²) < 4.78 is 5.58. The van der Waals surface area contributed by atoms with Crippen LogP contribution in [0.1, 0.15) is 42.9 Å². The van der Waals surface area contributed by atoms with E-state index in [1.54, 1.807) is 0 Å². The van der Waals surface area contributed by atoms with E-state index in [2.05, 4.69) is 25.2 Å². The first kappa shape index (κ1) is 17.2. The molecule has 0 saturated carbocycles. The number of aryl methyl sites for hydroxylation is 1. The Morgan fingerprint density at radius 3 is 2.52 bits per heavy atom. The fourth-order valence-corrected chi connectivity index (χ4v) is 2.47. The van der Waals surface area contributed by atoms with Crippen LogP contribution in [-0.4, -0.2) is 12.5 Å². The van der Waals surface area contributed by atoms with Gasteiger partial charge in [-0.25, -0.2) is 0 Å². The van der Waals surface area contributed by atoms with E-state index in [-0.39, 0.29) is 5.91 Å². The minimum atomic E-state index is -0.00531. The van der Waals surface area contributed by atoms with E-state index in [4.69, 9.17) is 4.74 Å². The lowest BCUT2D eigenvalue weighted by molar-refractivity contribution is -0.117. The number of ether oxygens (including phenoxy) is 1. The monoisotopic (exact) mass is 311 g/mol. The number of anilines is 1. The van der Waals surface area contributed by atoms with E-state index in [0.717, 1.165) is 16.8 Å². The predicted molar refractivity (Wildman–Crippen MR) is 94.6 cm³/mol. The maximum absolute atomic E-state index is 12.2. The van der Waals surface area contributed by atoms with E-state index in [0.29, 0.717) is 25.6 Å². The first-order valence-corrected chi connectivity index (χ1v) is 8.09. The second-order valence-electron chi connectivity index (χ2n) is 6.03. The van der Waals surface area contributed by atoms with Gasteiger partial charge in [-0.15, -0.1) is 0 Å². The number of carbonyl (C=O) groups excluding carboxylic acids is 1. The summed E-state index contributed by atoms with van der Waals surface area (Å²) >= 11 is 0. The average molecular weight is 311 g/mol. The van der Waals surface area contributed by atoms with Crippen LogP contribution in [-0.2, 0) is 16.1 Å². The summed E-state index contributed by atoms with van der Waals surface area (Å²) in [5.41, 5.74) is 4.32. The molecule has 3 nitrogen and oxygen atoms in total. The molecular formula is C20H25NO2. The number of rotatable bonds is 7. The van der Waals surface area contributed by atoms with Crippen LogP contribution in [0.15, 0.2) is 48.5 Å². The molecule has 0 aliphatic heterocycles. The van der Waals surface area contributed by atoms with Gasteiger partial charge in [-0.1, -0.05) is 62.4 Å². The summed E-state index contributed by atoms with van der Waals surface area (Å²) in [4.78, 5) is 12.2. The van der Waals surface area contributed by atoms with Gasteiger partial charge in [-0.3, -0.25) is 4.79 Å². The minimum absolute atomic E-state index is 0.00531. The molecule has 1 amide bonds. The molecule has 0 aromatic heterocycles. The van der Waals surface area contributed by atoms with Crippen molar-refractivity contribution < 1.29 is 9.53 Å². The van der Waals surface area contributed by atoms with Gasteiger partial charge in [0.15, 0.2) is 0 Å². The summed E-state index contributed by atoms with van der Waals surface area (Å²) in [5.74, 6) is 0.369. The second-order valence-corrected chi connectivity index (χ2v) is 6.03. The van der Waals surface area contributed by atoms with Crippen LogP contribution < -0.4 is 5.32 Å². The zero-order chi connectivity index (χ0) is 16.7. The molecular weight excluding hydrogens is 286 g/mol. The number of hydrogen-bond acceptors (Lipinski definition) is 2. The smallest absolute Gasteiger partial charge is 0.226 e. The van der Waals surface area contributed by atoms with Crippen molar-refractivity contribution in [3.05, 3.63) is 65.2 Å². The van der Waals surface area contributed by atoms with E-state index < -0.39 is 0 Å². The van der Waals surface area contributed by atoms with Crippen LogP contribution in [0, 0.1) is 6.92 Å². The largest absolute Gasteiger partial charge is 0.376 e. The molecule has 2 rings (SSSR count). The molecule has 1 N–H and O–H groups in total. The predicted octanol–water partition coefficient (Wildman–Crippen LogP) is 4.66. The van der Waals surface area contributed by atoms with Crippen molar-refractivity contribution in [1.82, 2.24) is 0 Å². The average Bonchev–Trinajstić information content (AvgIpc) is 2.54. The van der Waals surface area contributed by atoms with Crippen molar-refractivity contribution >= 4 is 11.6 Å². The maximum atomic E-state index is 12.2. The Balaban J connectivity index is 1.83. The fourth-order valence-electron chi connectivity index (χ4n) is 2.47. The van der Waals surface area contributed by atoms with Crippen molar-refractivity contribution in [2.45, 2.75) is 39.7 Å². The van der Waals surface area contributed by atoms with Crippen molar-refractivity contribution in [1.29, 1.82) is 0 Å². The van der Waals surface area contributed by atoms with Gasteiger partial charge in [0.25, 0.3) is 0 Å². The Hall–Kier alpha value is -2.13. The Morgan fingerprint density at radius 1 is 1.09 bits per heavy atom. The normalized spacial score (nSPS) is 10.8. The van der Waals surface area contributed by atoms with Crippen LogP contribution in [0.4, 0.5) is 5.69 Å². The number of hydrogen-bond donors (Lipinski definition) is 1. The van der Waals surface area contributed by atoms with Gasteiger partial charge in [-0.05, 0) is 29.5 Å². The molecule has 0 unspecified atom stereocenters. The second kappa shape index (κ2) is 8.49. The van der Waals surface area contributed by atoms with Gasteiger partial charge in [-0.2, -0.15) is 0 Å². The Labute approximate surface area is 138 Å². The number of benzene rings is 2. The quantitative estimate of drug-likeness (QED) is 0.755. The van der Waals surface area contributed by atoms with Crippen LogP contribution >= 0.6 is 0 Å². The highest BCUT2D eigenvalue weighted by atomic mass is 16.5. The molecule has 2 aromatic rings.